The molecule has 3 N–H and O–H groups in total. The van der Waals surface area contributed by atoms with Gasteiger partial charge in [-0.15, -0.1) is 0 Å². The Morgan fingerprint density at radius 3 is 2.94 bits per heavy atom. The molecule has 2 aromatic carbocycles. The maximum Gasteiger partial charge on any atom is 0.322 e. The fraction of sp³-hybridized carbons (Fsp3) is 0.217. The number of anilines is 1. The minimum Gasteiger partial charge on any atom is -0.497 e. The van der Waals surface area contributed by atoms with E-state index in [1.165, 1.54) is 0 Å². The van der Waals surface area contributed by atoms with Crippen molar-refractivity contribution < 1.29 is 19.1 Å². The number of imide groups is 1. The molecule has 1 aromatic heterocycles. The summed E-state index contributed by atoms with van der Waals surface area (Å²) in [5.41, 5.74) is 2.98. The number of hydrogen-bond donors (Lipinski definition) is 3. The van der Waals surface area contributed by atoms with Crippen LogP contribution in [0.3, 0.4) is 0 Å². The van der Waals surface area contributed by atoms with Gasteiger partial charge in [-0.1, -0.05) is 29.2 Å². The maximum absolute atomic E-state index is 12.9. The van der Waals surface area contributed by atoms with Gasteiger partial charge >= 0.3 is 6.03 Å². The molecule has 3 aromatic rings. The van der Waals surface area contributed by atoms with E-state index in [1.807, 2.05) is 36.6 Å². The monoisotopic (exact) mass is 463 g/mol. The highest BCUT2D eigenvalue weighted by atomic mass is 32.1. The summed E-state index contributed by atoms with van der Waals surface area (Å²) in [6.45, 7) is 0.544. The summed E-state index contributed by atoms with van der Waals surface area (Å²) in [5, 5.41) is 8.51. The van der Waals surface area contributed by atoms with Crippen LogP contribution in [0.25, 0.3) is 10.2 Å². The second kappa shape index (κ2) is 9.58. The Labute approximate surface area is 194 Å². The third-order valence-corrected chi connectivity index (χ3v) is 6.14. The average Bonchev–Trinajstić information content (AvgIpc) is 3.37. The van der Waals surface area contributed by atoms with Crippen LogP contribution in [0, 0.1) is 11.8 Å². The van der Waals surface area contributed by atoms with Crippen LogP contribution in [-0.2, 0) is 11.3 Å². The second-order valence-electron chi connectivity index (χ2n) is 7.22. The molecule has 10 heteroatoms. The van der Waals surface area contributed by atoms with Gasteiger partial charge in [-0.3, -0.25) is 14.9 Å². The summed E-state index contributed by atoms with van der Waals surface area (Å²) in [7, 11) is 3.36. The average molecular weight is 464 g/mol. The van der Waals surface area contributed by atoms with Gasteiger partial charge in [-0.2, -0.15) is 0 Å². The molecule has 33 heavy (non-hydrogen) atoms. The molecule has 0 spiro atoms. The number of nitrogens with zero attached hydrogens (tertiary/aromatic N) is 2. The van der Waals surface area contributed by atoms with Crippen molar-refractivity contribution in [1.29, 1.82) is 0 Å². The topological polar surface area (TPSA) is 113 Å². The predicted octanol–water partition coefficient (Wildman–Crippen LogP) is 2.18. The molecule has 4 amide bonds. The zero-order valence-electron chi connectivity index (χ0n) is 18.0. The van der Waals surface area contributed by atoms with E-state index in [0.717, 1.165) is 26.5 Å². The third kappa shape index (κ3) is 4.88. The molecule has 0 radical (unpaired) electrons. The smallest absolute Gasteiger partial charge is 0.322 e. The summed E-state index contributed by atoms with van der Waals surface area (Å²) in [6, 6.07) is 9.64. The number of methoxy groups -OCH3 is 1. The van der Waals surface area contributed by atoms with Crippen LogP contribution in [0.5, 0.6) is 5.75 Å². The summed E-state index contributed by atoms with van der Waals surface area (Å²) in [4.78, 5) is 41.6. The van der Waals surface area contributed by atoms with Crippen molar-refractivity contribution in [2.45, 2.75) is 12.6 Å². The molecule has 4 rings (SSSR count). The number of carbonyl (C=O) groups is 3. The summed E-state index contributed by atoms with van der Waals surface area (Å²) < 4.78 is 6.24. The Balaban J connectivity index is 1.55. The summed E-state index contributed by atoms with van der Waals surface area (Å²) in [5.74, 6) is 6.49. The molecule has 9 nitrogen and oxygen atoms in total. The zero-order chi connectivity index (χ0) is 23.4. The van der Waals surface area contributed by atoms with Crippen molar-refractivity contribution in [2.75, 3.05) is 26.0 Å². The van der Waals surface area contributed by atoms with Crippen molar-refractivity contribution >= 4 is 45.0 Å². The fourth-order valence-electron chi connectivity index (χ4n) is 3.50. The van der Waals surface area contributed by atoms with Gasteiger partial charge in [-0.25, -0.2) is 9.78 Å². The first-order valence-corrected chi connectivity index (χ1v) is 10.9. The molecule has 0 aliphatic carbocycles. The first-order valence-electron chi connectivity index (χ1n) is 10.1. The standard InChI is InChI=1S/C23H21N5O4S/c1-24-23-27-19-9-14(4-8-20(19)33-23)3-6-16(26-22(31)25-13-29)12-28-11-15-5-7-17(32-2)10-18(15)21(28)30/h4-5,7-10,13,16H,11-12H2,1-2H3,(H,24,27)(H2,25,26,29,31)/t16-/m1/s1. The molecular weight excluding hydrogens is 442 g/mol. The van der Waals surface area contributed by atoms with Gasteiger partial charge in [0.05, 0.1) is 23.9 Å². The molecule has 0 bridgehead atoms. The fourth-order valence-corrected chi connectivity index (χ4v) is 4.30. The van der Waals surface area contributed by atoms with Crippen molar-refractivity contribution in [2.24, 2.45) is 0 Å². The van der Waals surface area contributed by atoms with Gasteiger partial charge in [0.25, 0.3) is 5.91 Å². The molecule has 1 aliphatic rings. The van der Waals surface area contributed by atoms with Gasteiger partial charge in [-0.05, 0) is 35.9 Å². The highest BCUT2D eigenvalue weighted by molar-refractivity contribution is 7.22. The molecule has 0 saturated carbocycles. The Hall–Kier alpha value is -4.10. The summed E-state index contributed by atoms with van der Waals surface area (Å²) in [6.07, 6.45) is 0.290. The number of ether oxygens (including phenoxy) is 1. The molecule has 1 aliphatic heterocycles. The second-order valence-corrected chi connectivity index (χ2v) is 8.25. The Morgan fingerprint density at radius 2 is 2.18 bits per heavy atom. The highest BCUT2D eigenvalue weighted by Crippen LogP contribution is 2.27. The minimum atomic E-state index is -0.705. The molecule has 1 atom stereocenters. The van der Waals surface area contributed by atoms with E-state index in [4.69, 9.17) is 4.74 Å². The molecule has 0 saturated heterocycles. The summed E-state index contributed by atoms with van der Waals surface area (Å²) >= 11 is 1.54. The van der Waals surface area contributed by atoms with E-state index in [0.29, 0.717) is 24.3 Å². The quantitative estimate of drug-likeness (QED) is 0.382. The number of urea groups is 1. The Kier molecular flexibility index (Phi) is 6.42. The lowest BCUT2D eigenvalue weighted by atomic mass is 10.1. The van der Waals surface area contributed by atoms with Gasteiger partial charge in [0.2, 0.25) is 6.41 Å². The number of aromatic nitrogens is 1. The van der Waals surface area contributed by atoms with Crippen LogP contribution in [0.4, 0.5) is 9.93 Å². The van der Waals surface area contributed by atoms with Crippen molar-refractivity contribution in [3.8, 4) is 17.6 Å². The first kappa shape index (κ1) is 22.1. The van der Waals surface area contributed by atoms with E-state index in [-0.39, 0.29) is 12.5 Å². The van der Waals surface area contributed by atoms with Gasteiger partial charge < -0.3 is 20.3 Å². The van der Waals surface area contributed by atoms with Crippen molar-refractivity contribution in [3.63, 3.8) is 0 Å². The number of hydrogen-bond acceptors (Lipinski definition) is 7. The molecular formula is C23H21N5O4S. The van der Waals surface area contributed by atoms with Crippen molar-refractivity contribution in [1.82, 2.24) is 20.5 Å². The molecule has 168 valence electrons. The molecule has 0 fully saturated rings. The van der Waals surface area contributed by atoms with E-state index >= 15 is 0 Å². The maximum atomic E-state index is 12.9. The van der Waals surface area contributed by atoms with Gasteiger partial charge in [0.15, 0.2) is 5.13 Å². The van der Waals surface area contributed by atoms with E-state index < -0.39 is 12.1 Å². The van der Waals surface area contributed by atoms with Crippen LogP contribution < -0.4 is 20.7 Å². The Morgan fingerprint density at radius 1 is 1.33 bits per heavy atom. The number of fused-ring (bicyclic) bond motifs is 2. The van der Waals surface area contributed by atoms with Crippen LogP contribution in [0.1, 0.15) is 21.5 Å². The van der Waals surface area contributed by atoms with Crippen molar-refractivity contribution in [3.05, 3.63) is 53.1 Å². The number of rotatable bonds is 6. The normalized spacial score (nSPS) is 13.0. The third-order valence-electron chi connectivity index (χ3n) is 5.09. The zero-order valence-corrected chi connectivity index (χ0v) is 18.8. The van der Waals surface area contributed by atoms with Crippen LogP contribution in [-0.4, -0.2) is 55.0 Å². The number of amides is 4. The number of nitrogens with one attached hydrogen (secondary N) is 3. The lowest BCUT2D eigenvalue weighted by Crippen LogP contribution is -2.46. The Bertz CT molecular complexity index is 1290. The van der Waals surface area contributed by atoms with Crippen LogP contribution in [0.15, 0.2) is 36.4 Å². The number of thiazole rings is 1. The molecule has 0 unspecified atom stereocenters. The SMILES string of the molecule is CNc1nc2cc(C#C[C@H](CN3Cc4ccc(OC)cc4C3=O)NC(=O)NC=O)ccc2s1. The van der Waals surface area contributed by atoms with E-state index in [9.17, 15) is 14.4 Å². The first-order chi connectivity index (χ1) is 16.0. The molecule has 2 heterocycles. The van der Waals surface area contributed by atoms with Gasteiger partial charge in [0.1, 0.15) is 11.8 Å². The number of benzene rings is 2. The lowest BCUT2D eigenvalue weighted by molar-refractivity contribution is -0.108. The van der Waals surface area contributed by atoms with E-state index in [1.54, 1.807) is 35.5 Å². The highest BCUT2D eigenvalue weighted by Gasteiger charge is 2.29. The van der Waals surface area contributed by atoms with E-state index in [2.05, 4.69) is 27.5 Å². The van der Waals surface area contributed by atoms with Crippen LogP contribution >= 0.6 is 11.3 Å². The predicted molar refractivity (Wildman–Crippen MR) is 125 cm³/mol. The number of carbonyl (C=O) groups excluding carboxylic acids is 3. The van der Waals surface area contributed by atoms with Gasteiger partial charge in [0, 0.05) is 24.7 Å². The largest absolute Gasteiger partial charge is 0.497 e. The minimum absolute atomic E-state index is 0.151. The lowest BCUT2D eigenvalue weighted by Gasteiger charge is -2.21. The van der Waals surface area contributed by atoms with Crippen LogP contribution in [0.2, 0.25) is 0 Å².